The van der Waals surface area contributed by atoms with Gasteiger partial charge >= 0.3 is 5.97 Å². The third-order valence-electron chi connectivity index (χ3n) is 2.16. The Morgan fingerprint density at radius 2 is 2.40 bits per heavy atom. The first-order valence-electron chi connectivity index (χ1n) is 4.62. The number of carboxylic acid groups (broad SMARTS) is 1. The zero-order valence-corrected chi connectivity index (χ0v) is 8.73. The highest BCUT2D eigenvalue weighted by Gasteiger charge is 2.22. The van der Waals surface area contributed by atoms with Crippen LogP contribution in [0.1, 0.15) is 24.2 Å². The van der Waals surface area contributed by atoms with E-state index in [2.05, 4.69) is 4.98 Å². The van der Waals surface area contributed by atoms with E-state index in [1.807, 2.05) is 6.92 Å². The molecule has 0 amide bonds. The lowest BCUT2D eigenvalue weighted by molar-refractivity contribution is -0.138. The summed E-state index contributed by atoms with van der Waals surface area (Å²) in [7, 11) is 1.48. The van der Waals surface area contributed by atoms with Gasteiger partial charge in [0.25, 0.3) is 0 Å². The molecule has 0 aliphatic rings. The molecule has 0 aliphatic carbocycles. The number of aliphatic carboxylic acids is 1. The maximum absolute atomic E-state index is 10.8. The van der Waals surface area contributed by atoms with E-state index in [4.69, 9.17) is 15.6 Å². The first kappa shape index (κ1) is 11.5. The van der Waals surface area contributed by atoms with Crippen molar-refractivity contribution in [3.8, 4) is 5.75 Å². The molecule has 0 saturated carbocycles. The van der Waals surface area contributed by atoms with Crippen LogP contribution in [-0.2, 0) is 11.2 Å². The molecule has 1 atom stereocenters. The molecular formula is C10H14N2O3. The average Bonchev–Trinajstić information content (AvgIpc) is 2.26. The van der Waals surface area contributed by atoms with Crippen molar-refractivity contribution < 1.29 is 14.6 Å². The number of pyridine rings is 1. The lowest BCUT2D eigenvalue weighted by atomic mass is 10.0. The van der Waals surface area contributed by atoms with Crippen LogP contribution in [0.3, 0.4) is 0 Å². The van der Waals surface area contributed by atoms with E-state index in [0.29, 0.717) is 23.4 Å². The molecule has 15 heavy (non-hydrogen) atoms. The molecule has 1 heterocycles. The number of aryl methyl sites for hydroxylation is 1. The number of nitrogens with zero attached hydrogens (tertiary/aromatic N) is 1. The number of hydrogen-bond acceptors (Lipinski definition) is 4. The van der Waals surface area contributed by atoms with Gasteiger partial charge in [0.05, 0.1) is 7.11 Å². The summed E-state index contributed by atoms with van der Waals surface area (Å²) in [5.41, 5.74) is 6.68. The van der Waals surface area contributed by atoms with Gasteiger partial charge in [-0.15, -0.1) is 0 Å². The first-order valence-corrected chi connectivity index (χ1v) is 4.62. The van der Waals surface area contributed by atoms with Gasteiger partial charge in [0.15, 0.2) is 0 Å². The Labute approximate surface area is 87.9 Å². The fourth-order valence-electron chi connectivity index (χ4n) is 1.41. The Hall–Kier alpha value is -1.62. The second-order valence-corrected chi connectivity index (χ2v) is 3.04. The van der Waals surface area contributed by atoms with E-state index in [1.54, 1.807) is 12.3 Å². The molecule has 1 unspecified atom stereocenters. The van der Waals surface area contributed by atoms with E-state index < -0.39 is 12.0 Å². The number of aromatic nitrogens is 1. The summed E-state index contributed by atoms with van der Waals surface area (Å²) < 4.78 is 5.08. The zero-order chi connectivity index (χ0) is 11.4. The molecule has 1 aromatic rings. The summed E-state index contributed by atoms with van der Waals surface area (Å²) in [6.07, 6.45) is 2.20. The van der Waals surface area contributed by atoms with Crippen molar-refractivity contribution >= 4 is 5.97 Å². The van der Waals surface area contributed by atoms with Crippen molar-refractivity contribution in [1.29, 1.82) is 0 Å². The second-order valence-electron chi connectivity index (χ2n) is 3.04. The third-order valence-corrected chi connectivity index (χ3v) is 2.16. The molecule has 0 radical (unpaired) electrons. The molecule has 3 N–H and O–H groups in total. The normalized spacial score (nSPS) is 12.2. The van der Waals surface area contributed by atoms with Crippen LogP contribution in [0, 0.1) is 0 Å². The van der Waals surface area contributed by atoms with Crippen LogP contribution in [0.5, 0.6) is 5.75 Å². The van der Waals surface area contributed by atoms with E-state index >= 15 is 0 Å². The van der Waals surface area contributed by atoms with Gasteiger partial charge in [0.1, 0.15) is 11.8 Å². The second kappa shape index (κ2) is 4.75. The molecule has 5 heteroatoms. The van der Waals surface area contributed by atoms with E-state index in [-0.39, 0.29) is 0 Å². The molecule has 0 spiro atoms. The number of carbonyl (C=O) groups is 1. The molecule has 0 bridgehead atoms. The standard InChI is InChI=1S/C10H14N2O3/c1-3-6-8(9(11)10(13)14)7(15-2)4-5-12-6/h4-5,9H,3,11H2,1-2H3,(H,13,14). The minimum atomic E-state index is -1.09. The minimum absolute atomic E-state index is 0.454. The lowest BCUT2D eigenvalue weighted by Crippen LogP contribution is -2.23. The maximum Gasteiger partial charge on any atom is 0.325 e. The van der Waals surface area contributed by atoms with E-state index in [9.17, 15) is 4.79 Å². The van der Waals surface area contributed by atoms with Crippen molar-refractivity contribution in [2.75, 3.05) is 7.11 Å². The first-order chi connectivity index (χ1) is 7.11. The highest BCUT2D eigenvalue weighted by atomic mass is 16.5. The highest BCUT2D eigenvalue weighted by Crippen LogP contribution is 2.26. The number of ether oxygens (including phenoxy) is 1. The van der Waals surface area contributed by atoms with Crippen LogP contribution in [0.2, 0.25) is 0 Å². The average molecular weight is 210 g/mol. The van der Waals surface area contributed by atoms with Crippen molar-refractivity contribution in [2.24, 2.45) is 5.73 Å². The molecule has 0 aliphatic heterocycles. The zero-order valence-electron chi connectivity index (χ0n) is 8.73. The van der Waals surface area contributed by atoms with Crippen molar-refractivity contribution in [1.82, 2.24) is 4.98 Å². The predicted octanol–water partition coefficient (Wildman–Crippen LogP) is 0.737. The van der Waals surface area contributed by atoms with Crippen LogP contribution >= 0.6 is 0 Å². The lowest BCUT2D eigenvalue weighted by Gasteiger charge is -2.14. The fourth-order valence-corrected chi connectivity index (χ4v) is 1.41. The quantitative estimate of drug-likeness (QED) is 0.765. The van der Waals surface area contributed by atoms with Crippen LogP contribution < -0.4 is 10.5 Å². The Balaban J connectivity index is 3.27. The van der Waals surface area contributed by atoms with Gasteiger partial charge in [0.2, 0.25) is 0 Å². The largest absolute Gasteiger partial charge is 0.496 e. The highest BCUT2D eigenvalue weighted by molar-refractivity contribution is 5.76. The van der Waals surface area contributed by atoms with Crippen LogP contribution in [0.15, 0.2) is 12.3 Å². The number of nitrogens with two attached hydrogens (primary N) is 1. The van der Waals surface area contributed by atoms with E-state index in [1.165, 1.54) is 7.11 Å². The summed E-state index contributed by atoms with van der Waals surface area (Å²) in [5.74, 6) is -0.618. The fraction of sp³-hybridized carbons (Fsp3) is 0.400. The Kier molecular flexibility index (Phi) is 3.62. The molecule has 1 rings (SSSR count). The van der Waals surface area contributed by atoms with Gasteiger partial charge < -0.3 is 15.6 Å². The number of methoxy groups -OCH3 is 1. The number of rotatable bonds is 4. The predicted molar refractivity (Wildman–Crippen MR) is 54.7 cm³/mol. The van der Waals surface area contributed by atoms with Crippen molar-refractivity contribution in [2.45, 2.75) is 19.4 Å². The number of hydrogen-bond donors (Lipinski definition) is 2. The summed E-state index contributed by atoms with van der Waals surface area (Å²) >= 11 is 0. The molecular weight excluding hydrogens is 196 g/mol. The number of carboxylic acids is 1. The van der Waals surface area contributed by atoms with Gasteiger partial charge in [-0.2, -0.15) is 0 Å². The van der Waals surface area contributed by atoms with Gasteiger partial charge in [-0.05, 0) is 12.5 Å². The smallest absolute Gasteiger partial charge is 0.325 e. The topological polar surface area (TPSA) is 85.4 Å². The summed E-state index contributed by atoms with van der Waals surface area (Å²) in [6, 6.07) is 0.515. The molecule has 0 aromatic carbocycles. The van der Waals surface area contributed by atoms with Crippen molar-refractivity contribution in [3.63, 3.8) is 0 Å². The summed E-state index contributed by atoms with van der Waals surface area (Å²) in [4.78, 5) is 14.9. The van der Waals surface area contributed by atoms with Crippen molar-refractivity contribution in [3.05, 3.63) is 23.5 Å². The SMILES string of the molecule is CCc1nccc(OC)c1C(N)C(=O)O. The molecule has 0 fully saturated rings. The third kappa shape index (κ3) is 2.24. The van der Waals surface area contributed by atoms with Gasteiger partial charge in [-0.3, -0.25) is 9.78 Å². The molecule has 0 saturated heterocycles. The summed E-state index contributed by atoms with van der Waals surface area (Å²) in [6.45, 7) is 1.89. The Bertz CT molecular complexity index is 343. The minimum Gasteiger partial charge on any atom is -0.496 e. The summed E-state index contributed by atoms with van der Waals surface area (Å²) in [5, 5.41) is 8.87. The monoisotopic (exact) mass is 210 g/mol. The Morgan fingerprint density at radius 1 is 1.73 bits per heavy atom. The molecule has 5 nitrogen and oxygen atoms in total. The molecule has 1 aromatic heterocycles. The van der Waals surface area contributed by atoms with E-state index in [0.717, 1.165) is 0 Å². The maximum atomic E-state index is 10.8. The van der Waals surface area contributed by atoms with Crippen LogP contribution in [-0.4, -0.2) is 23.2 Å². The van der Waals surface area contributed by atoms with Gasteiger partial charge in [-0.25, -0.2) is 0 Å². The van der Waals surface area contributed by atoms with Gasteiger partial charge in [0, 0.05) is 17.5 Å². The van der Waals surface area contributed by atoms with Crippen LogP contribution in [0.25, 0.3) is 0 Å². The van der Waals surface area contributed by atoms with Crippen LogP contribution in [0.4, 0.5) is 0 Å². The van der Waals surface area contributed by atoms with Gasteiger partial charge in [-0.1, -0.05) is 6.92 Å². The molecule has 82 valence electrons. The Morgan fingerprint density at radius 3 is 2.87 bits per heavy atom.